The zero-order valence-corrected chi connectivity index (χ0v) is 13.1. The average Bonchev–Trinajstić information content (AvgIpc) is 2.61. The molecular formula is C19H16FN3O. The van der Waals surface area contributed by atoms with Crippen molar-refractivity contribution in [3.05, 3.63) is 66.4 Å². The number of methoxy groups -OCH3 is 1. The van der Waals surface area contributed by atoms with E-state index in [4.69, 9.17) is 15.7 Å². The summed E-state index contributed by atoms with van der Waals surface area (Å²) < 4.78 is 20.3. The molecule has 2 unspecified atom stereocenters. The SMILES string of the molecule is COc1ccccc1-c1cc(C2=CC=CC(C#N)C2(N)F)ccn1. The largest absolute Gasteiger partial charge is 0.496 e. The minimum Gasteiger partial charge on any atom is -0.496 e. The van der Waals surface area contributed by atoms with Gasteiger partial charge in [-0.05, 0) is 29.8 Å². The Kier molecular flexibility index (Phi) is 4.15. The van der Waals surface area contributed by atoms with Crippen LogP contribution in [0, 0.1) is 17.2 Å². The van der Waals surface area contributed by atoms with E-state index in [-0.39, 0.29) is 5.57 Å². The summed E-state index contributed by atoms with van der Waals surface area (Å²) in [6.07, 6.45) is 6.30. The molecule has 0 fully saturated rings. The summed E-state index contributed by atoms with van der Waals surface area (Å²) in [5, 5.41) is 9.11. The summed E-state index contributed by atoms with van der Waals surface area (Å²) >= 11 is 0. The van der Waals surface area contributed by atoms with Gasteiger partial charge >= 0.3 is 0 Å². The van der Waals surface area contributed by atoms with Crippen molar-refractivity contribution < 1.29 is 9.13 Å². The number of halogens is 1. The quantitative estimate of drug-likeness (QED) is 0.879. The Morgan fingerprint density at radius 2 is 2.12 bits per heavy atom. The van der Waals surface area contributed by atoms with Gasteiger partial charge in [-0.25, -0.2) is 4.39 Å². The fourth-order valence-corrected chi connectivity index (χ4v) is 2.75. The lowest BCUT2D eigenvalue weighted by Gasteiger charge is -2.29. The van der Waals surface area contributed by atoms with E-state index < -0.39 is 11.7 Å². The summed E-state index contributed by atoms with van der Waals surface area (Å²) in [5.41, 5.74) is 8.08. The van der Waals surface area contributed by atoms with E-state index in [0.717, 1.165) is 5.56 Å². The Labute approximate surface area is 139 Å². The van der Waals surface area contributed by atoms with E-state index in [2.05, 4.69) is 4.98 Å². The maximum atomic E-state index is 15.0. The molecule has 1 aromatic heterocycles. The molecule has 5 heteroatoms. The Morgan fingerprint density at radius 1 is 1.33 bits per heavy atom. The molecule has 2 N–H and O–H groups in total. The second kappa shape index (κ2) is 6.26. The number of nitrogens with zero attached hydrogens (tertiary/aromatic N) is 2. The minimum absolute atomic E-state index is 0.259. The van der Waals surface area contributed by atoms with Gasteiger partial charge in [0.1, 0.15) is 11.7 Å². The van der Waals surface area contributed by atoms with Gasteiger partial charge in [-0.3, -0.25) is 10.7 Å². The van der Waals surface area contributed by atoms with Crippen LogP contribution in [0.3, 0.4) is 0 Å². The van der Waals surface area contributed by atoms with Crippen LogP contribution in [0.2, 0.25) is 0 Å². The molecule has 0 saturated heterocycles. The monoisotopic (exact) mass is 321 g/mol. The highest BCUT2D eigenvalue weighted by molar-refractivity contribution is 5.78. The molecule has 24 heavy (non-hydrogen) atoms. The van der Waals surface area contributed by atoms with Crippen molar-refractivity contribution in [2.75, 3.05) is 7.11 Å². The number of pyridine rings is 1. The standard InChI is InChI=1S/C19H16FN3O/c1-24-18-8-3-2-6-15(18)17-11-13(9-10-23-17)16-7-4-5-14(12-21)19(16,20)22/h2-11,14H,22H2,1H3. The van der Waals surface area contributed by atoms with E-state index >= 15 is 0 Å². The van der Waals surface area contributed by atoms with E-state index in [1.807, 2.05) is 30.3 Å². The number of aromatic nitrogens is 1. The number of hydrogen-bond donors (Lipinski definition) is 1. The third kappa shape index (κ3) is 2.68. The summed E-state index contributed by atoms with van der Waals surface area (Å²) in [4.78, 5) is 4.35. The normalized spacial score (nSPS) is 22.6. The number of alkyl halides is 1. The number of nitriles is 1. The van der Waals surface area contributed by atoms with Crippen molar-refractivity contribution in [2.24, 2.45) is 11.7 Å². The lowest BCUT2D eigenvalue weighted by molar-refractivity contribution is 0.216. The summed E-state index contributed by atoms with van der Waals surface area (Å²) in [7, 11) is 1.58. The fraction of sp³-hybridized carbons (Fsp3) is 0.158. The highest BCUT2D eigenvalue weighted by atomic mass is 19.1. The Balaban J connectivity index is 2.08. The first-order chi connectivity index (χ1) is 11.6. The molecule has 0 amide bonds. The molecule has 0 bridgehead atoms. The van der Waals surface area contributed by atoms with Crippen molar-refractivity contribution in [1.29, 1.82) is 5.26 Å². The van der Waals surface area contributed by atoms with Gasteiger partial charge in [-0.15, -0.1) is 0 Å². The molecule has 1 aromatic carbocycles. The zero-order valence-electron chi connectivity index (χ0n) is 13.1. The number of benzene rings is 1. The van der Waals surface area contributed by atoms with Crippen LogP contribution in [0.25, 0.3) is 16.8 Å². The second-order valence-electron chi connectivity index (χ2n) is 5.47. The molecule has 0 saturated carbocycles. The smallest absolute Gasteiger partial charge is 0.204 e. The van der Waals surface area contributed by atoms with Gasteiger partial charge in [0.2, 0.25) is 5.79 Å². The van der Waals surface area contributed by atoms with E-state index in [9.17, 15) is 4.39 Å². The lowest BCUT2D eigenvalue weighted by atomic mass is 9.84. The van der Waals surface area contributed by atoms with Gasteiger partial charge in [0.15, 0.2) is 0 Å². The number of allylic oxidation sites excluding steroid dienone is 2. The van der Waals surface area contributed by atoms with Crippen molar-refractivity contribution in [3.8, 4) is 23.1 Å². The molecule has 3 rings (SSSR count). The van der Waals surface area contributed by atoms with Gasteiger partial charge in [0, 0.05) is 17.3 Å². The van der Waals surface area contributed by atoms with Crippen molar-refractivity contribution in [1.82, 2.24) is 4.98 Å². The second-order valence-corrected chi connectivity index (χ2v) is 5.47. The number of hydrogen-bond acceptors (Lipinski definition) is 4. The first-order valence-electron chi connectivity index (χ1n) is 7.44. The van der Waals surface area contributed by atoms with Crippen LogP contribution in [0.4, 0.5) is 4.39 Å². The van der Waals surface area contributed by atoms with Crippen molar-refractivity contribution in [2.45, 2.75) is 5.79 Å². The van der Waals surface area contributed by atoms with E-state index in [1.165, 1.54) is 6.08 Å². The van der Waals surface area contributed by atoms with Crippen molar-refractivity contribution in [3.63, 3.8) is 0 Å². The summed E-state index contributed by atoms with van der Waals surface area (Å²) in [6, 6.07) is 12.8. The molecule has 1 heterocycles. The molecule has 0 aliphatic heterocycles. The molecule has 2 aromatic rings. The van der Waals surface area contributed by atoms with Crippen LogP contribution >= 0.6 is 0 Å². The van der Waals surface area contributed by atoms with E-state index in [1.54, 1.807) is 37.6 Å². The Hall–Kier alpha value is -2.97. The molecule has 0 spiro atoms. The van der Waals surface area contributed by atoms with Gasteiger partial charge in [-0.2, -0.15) is 5.26 Å². The van der Waals surface area contributed by atoms with Crippen molar-refractivity contribution >= 4 is 5.57 Å². The van der Waals surface area contributed by atoms with Crippen LogP contribution in [-0.4, -0.2) is 17.9 Å². The number of para-hydroxylation sites is 1. The maximum Gasteiger partial charge on any atom is 0.204 e. The molecule has 1 aliphatic rings. The average molecular weight is 321 g/mol. The van der Waals surface area contributed by atoms with Crippen LogP contribution in [0.5, 0.6) is 5.75 Å². The molecular weight excluding hydrogens is 305 g/mol. The molecule has 0 radical (unpaired) electrons. The first kappa shape index (κ1) is 15.9. The topological polar surface area (TPSA) is 71.9 Å². The maximum absolute atomic E-state index is 15.0. The van der Waals surface area contributed by atoms with Crippen LogP contribution in [0.15, 0.2) is 60.8 Å². The number of ether oxygens (including phenoxy) is 1. The Bertz CT molecular complexity index is 865. The highest BCUT2D eigenvalue weighted by Gasteiger charge is 2.40. The minimum atomic E-state index is -2.25. The Morgan fingerprint density at radius 3 is 2.88 bits per heavy atom. The van der Waals surface area contributed by atoms with Crippen LogP contribution < -0.4 is 10.5 Å². The first-order valence-corrected chi connectivity index (χ1v) is 7.44. The predicted molar refractivity (Wildman–Crippen MR) is 90.5 cm³/mol. The van der Waals surface area contributed by atoms with Gasteiger partial charge in [0.25, 0.3) is 0 Å². The molecule has 120 valence electrons. The van der Waals surface area contributed by atoms with Gasteiger partial charge < -0.3 is 4.74 Å². The lowest BCUT2D eigenvalue weighted by Crippen LogP contribution is -2.43. The summed E-state index contributed by atoms with van der Waals surface area (Å²) in [5.74, 6) is -2.60. The zero-order chi connectivity index (χ0) is 17.2. The van der Waals surface area contributed by atoms with Gasteiger partial charge in [0.05, 0.1) is 18.9 Å². The molecule has 1 aliphatic carbocycles. The van der Waals surface area contributed by atoms with Crippen LogP contribution in [0.1, 0.15) is 5.56 Å². The number of nitrogens with two attached hydrogens (primary N) is 1. The third-order valence-electron chi connectivity index (χ3n) is 4.02. The van der Waals surface area contributed by atoms with Gasteiger partial charge in [-0.1, -0.05) is 30.4 Å². The molecule has 2 atom stereocenters. The fourth-order valence-electron chi connectivity index (χ4n) is 2.75. The number of rotatable bonds is 3. The summed E-state index contributed by atoms with van der Waals surface area (Å²) in [6.45, 7) is 0. The van der Waals surface area contributed by atoms with E-state index in [0.29, 0.717) is 17.0 Å². The third-order valence-corrected chi connectivity index (χ3v) is 4.02. The highest BCUT2D eigenvalue weighted by Crippen LogP contribution is 2.38. The predicted octanol–water partition coefficient (Wildman–Crippen LogP) is 3.47. The molecule has 4 nitrogen and oxygen atoms in total. The van der Waals surface area contributed by atoms with Crippen LogP contribution in [-0.2, 0) is 0 Å².